The van der Waals surface area contributed by atoms with Gasteiger partial charge < -0.3 is 23.2 Å². The Bertz CT molecular complexity index is 969. The van der Waals surface area contributed by atoms with Crippen molar-refractivity contribution in [2.75, 3.05) is 32.9 Å². The average molecular weight is 355 g/mol. The van der Waals surface area contributed by atoms with E-state index in [4.69, 9.17) is 18.3 Å². The van der Waals surface area contributed by atoms with E-state index in [-0.39, 0.29) is 29.5 Å². The summed E-state index contributed by atoms with van der Waals surface area (Å²) in [6.07, 6.45) is 1.48. The third kappa shape index (κ3) is 3.09. The summed E-state index contributed by atoms with van der Waals surface area (Å²) in [7, 11) is 0. The molecule has 1 saturated heterocycles. The van der Waals surface area contributed by atoms with Gasteiger partial charge in [0.2, 0.25) is 16.9 Å². The zero-order chi connectivity index (χ0) is 17.9. The second kappa shape index (κ2) is 7.05. The minimum absolute atomic E-state index is 0.0275. The second-order valence-electron chi connectivity index (χ2n) is 5.84. The molecule has 0 atom stereocenters. The van der Waals surface area contributed by atoms with Crippen LogP contribution >= 0.6 is 0 Å². The molecule has 3 heterocycles. The lowest BCUT2D eigenvalue weighted by Crippen LogP contribution is -2.43. The van der Waals surface area contributed by atoms with Crippen molar-refractivity contribution in [3.05, 3.63) is 52.9 Å². The molecule has 2 aromatic heterocycles. The normalized spacial score (nSPS) is 14.5. The van der Waals surface area contributed by atoms with Crippen LogP contribution in [0, 0.1) is 0 Å². The van der Waals surface area contributed by atoms with Crippen molar-refractivity contribution in [1.82, 2.24) is 4.90 Å². The molecule has 134 valence electrons. The molecule has 4 rings (SSSR count). The number of rotatable bonds is 4. The number of benzene rings is 1. The largest absolute Gasteiger partial charge is 0.476 e. The molecule has 0 spiro atoms. The number of carbonyl (C=O) groups is 1. The van der Waals surface area contributed by atoms with Gasteiger partial charge in [0.05, 0.1) is 24.9 Å². The summed E-state index contributed by atoms with van der Waals surface area (Å²) in [4.78, 5) is 26.8. The van der Waals surface area contributed by atoms with E-state index in [1.54, 1.807) is 41.3 Å². The van der Waals surface area contributed by atoms with Crippen LogP contribution in [-0.2, 0) is 9.53 Å². The van der Waals surface area contributed by atoms with Gasteiger partial charge in [-0.1, -0.05) is 12.1 Å². The molecule has 0 N–H and O–H groups in total. The number of furan rings is 1. The molecule has 7 nitrogen and oxygen atoms in total. The Balaban J connectivity index is 1.68. The van der Waals surface area contributed by atoms with Crippen LogP contribution < -0.4 is 10.2 Å². The van der Waals surface area contributed by atoms with Crippen molar-refractivity contribution in [2.24, 2.45) is 0 Å². The van der Waals surface area contributed by atoms with Crippen LogP contribution in [0.25, 0.3) is 22.5 Å². The molecular weight excluding hydrogens is 338 g/mol. The van der Waals surface area contributed by atoms with E-state index in [1.807, 2.05) is 0 Å². The number of ether oxygens (including phenoxy) is 2. The maximum absolute atomic E-state index is 12.9. The SMILES string of the molecule is O=C(COc1c(-c2ccco2)oc2ccccc2c1=O)N1CCOCC1. The maximum Gasteiger partial charge on any atom is 0.260 e. The van der Waals surface area contributed by atoms with Crippen LogP contribution in [0.2, 0.25) is 0 Å². The topological polar surface area (TPSA) is 82.1 Å². The van der Waals surface area contributed by atoms with Gasteiger partial charge in [0, 0.05) is 13.1 Å². The zero-order valence-corrected chi connectivity index (χ0v) is 14.0. The van der Waals surface area contributed by atoms with Gasteiger partial charge in [0.1, 0.15) is 5.58 Å². The van der Waals surface area contributed by atoms with Gasteiger partial charge in [-0.3, -0.25) is 9.59 Å². The van der Waals surface area contributed by atoms with E-state index in [1.165, 1.54) is 6.26 Å². The fourth-order valence-corrected chi connectivity index (χ4v) is 2.86. The highest BCUT2D eigenvalue weighted by Gasteiger charge is 2.22. The summed E-state index contributed by atoms with van der Waals surface area (Å²) < 4.78 is 22.0. The van der Waals surface area contributed by atoms with Gasteiger partial charge in [0.15, 0.2) is 12.4 Å². The maximum atomic E-state index is 12.9. The molecule has 0 radical (unpaired) electrons. The van der Waals surface area contributed by atoms with Crippen molar-refractivity contribution < 1.29 is 23.1 Å². The van der Waals surface area contributed by atoms with Gasteiger partial charge in [-0.2, -0.15) is 0 Å². The van der Waals surface area contributed by atoms with E-state index in [0.717, 1.165) is 0 Å². The van der Waals surface area contributed by atoms with Crippen molar-refractivity contribution in [3.63, 3.8) is 0 Å². The van der Waals surface area contributed by atoms with Gasteiger partial charge in [0.25, 0.3) is 5.91 Å². The standard InChI is InChI=1S/C19H17NO6/c21-16(20-7-10-23-11-8-20)12-25-19-17(22)13-4-1-2-5-14(13)26-18(19)15-6-3-9-24-15/h1-6,9H,7-8,10-12H2. The minimum Gasteiger partial charge on any atom is -0.476 e. The molecule has 26 heavy (non-hydrogen) atoms. The molecule has 0 saturated carbocycles. The molecule has 0 aliphatic carbocycles. The molecule has 1 aliphatic rings. The lowest BCUT2D eigenvalue weighted by atomic mass is 10.2. The lowest BCUT2D eigenvalue weighted by molar-refractivity contribution is -0.137. The predicted octanol–water partition coefficient (Wildman–Crippen LogP) is 2.29. The molecule has 1 aromatic carbocycles. The highest BCUT2D eigenvalue weighted by molar-refractivity contribution is 5.82. The van der Waals surface area contributed by atoms with Crippen LogP contribution in [0.4, 0.5) is 0 Å². The number of para-hydroxylation sites is 1. The van der Waals surface area contributed by atoms with E-state index in [9.17, 15) is 9.59 Å². The number of nitrogens with zero attached hydrogens (tertiary/aromatic N) is 1. The second-order valence-corrected chi connectivity index (χ2v) is 5.84. The number of amides is 1. The lowest BCUT2D eigenvalue weighted by Gasteiger charge is -2.26. The van der Waals surface area contributed by atoms with Crippen LogP contribution in [0.3, 0.4) is 0 Å². The van der Waals surface area contributed by atoms with Gasteiger partial charge >= 0.3 is 0 Å². The molecule has 1 fully saturated rings. The number of fused-ring (bicyclic) bond motifs is 1. The third-order valence-electron chi connectivity index (χ3n) is 4.20. The van der Waals surface area contributed by atoms with Gasteiger partial charge in [-0.25, -0.2) is 0 Å². The number of hydrogen-bond donors (Lipinski definition) is 0. The number of morpholine rings is 1. The highest BCUT2D eigenvalue weighted by atomic mass is 16.5. The fraction of sp³-hybridized carbons (Fsp3) is 0.263. The smallest absolute Gasteiger partial charge is 0.260 e. The Morgan fingerprint density at radius 3 is 2.69 bits per heavy atom. The average Bonchev–Trinajstić information content (AvgIpc) is 3.22. The van der Waals surface area contributed by atoms with Gasteiger partial charge in [-0.15, -0.1) is 0 Å². The number of carbonyl (C=O) groups excluding carboxylic acids is 1. The first-order valence-electron chi connectivity index (χ1n) is 8.32. The summed E-state index contributed by atoms with van der Waals surface area (Å²) >= 11 is 0. The van der Waals surface area contributed by atoms with E-state index >= 15 is 0 Å². The fourth-order valence-electron chi connectivity index (χ4n) is 2.86. The molecule has 0 bridgehead atoms. The molecule has 0 unspecified atom stereocenters. The first-order valence-corrected chi connectivity index (χ1v) is 8.32. The first-order chi connectivity index (χ1) is 12.7. The van der Waals surface area contributed by atoms with Crippen LogP contribution in [0.5, 0.6) is 5.75 Å². The summed E-state index contributed by atoms with van der Waals surface area (Å²) in [5, 5.41) is 0.386. The molecule has 1 aliphatic heterocycles. The van der Waals surface area contributed by atoms with Crippen LogP contribution in [-0.4, -0.2) is 43.7 Å². The summed E-state index contributed by atoms with van der Waals surface area (Å²) in [5.41, 5.74) is 0.0868. The number of hydrogen-bond acceptors (Lipinski definition) is 6. The van der Waals surface area contributed by atoms with Crippen molar-refractivity contribution in [1.29, 1.82) is 0 Å². The Morgan fingerprint density at radius 2 is 1.92 bits per heavy atom. The monoisotopic (exact) mass is 355 g/mol. The predicted molar refractivity (Wildman–Crippen MR) is 93.1 cm³/mol. The van der Waals surface area contributed by atoms with E-state index < -0.39 is 0 Å². The molecular formula is C19H17NO6. The molecule has 7 heteroatoms. The van der Waals surface area contributed by atoms with Crippen molar-refractivity contribution >= 4 is 16.9 Å². The van der Waals surface area contributed by atoms with Crippen LogP contribution in [0.15, 0.2) is 56.3 Å². The van der Waals surface area contributed by atoms with Crippen molar-refractivity contribution in [2.45, 2.75) is 0 Å². The Hall–Kier alpha value is -3.06. The summed E-state index contributed by atoms with van der Waals surface area (Å²) in [6.45, 7) is 1.78. The van der Waals surface area contributed by atoms with E-state index in [0.29, 0.717) is 43.0 Å². The Kier molecular flexibility index (Phi) is 4.45. The minimum atomic E-state index is -0.340. The molecule has 3 aromatic rings. The summed E-state index contributed by atoms with van der Waals surface area (Å²) in [5.74, 6) is 0.307. The van der Waals surface area contributed by atoms with Crippen LogP contribution in [0.1, 0.15) is 0 Å². The first kappa shape index (κ1) is 16.4. The highest BCUT2D eigenvalue weighted by Crippen LogP contribution is 2.31. The van der Waals surface area contributed by atoms with Crippen molar-refractivity contribution in [3.8, 4) is 17.3 Å². The Morgan fingerprint density at radius 1 is 1.12 bits per heavy atom. The zero-order valence-electron chi connectivity index (χ0n) is 14.0. The quantitative estimate of drug-likeness (QED) is 0.714. The Labute approximate surface area is 148 Å². The summed E-state index contributed by atoms with van der Waals surface area (Å²) in [6, 6.07) is 10.2. The van der Waals surface area contributed by atoms with Gasteiger partial charge in [-0.05, 0) is 24.3 Å². The third-order valence-corrected chi connectivity index (χ3v) is 4.20. The van der Waals surface area contributed by atoms with E-state index in [2.05, 4.69) is 0 Å². The molecule has 1 amide bonds.